The average molecular weight is 431 g/mol. The summed E-state index contributed by atoms with van der Waals surface area (Å²) >= 11 is 0. The Morgan fingerprint density at radius 2 is 1.81 bits per heavy atom. The van der Waals surface area contributed by atoms with Crippen LogP contribution in [0.2, 0.25) is 0 Å². The summed E-state index contributed by atoms with van der Waals surface area (Å²) < 4.78 is 7.08. The van der Waals surface area contributed by atoms with Crippen LogP contribution in [0.3, 0.4) is 0 Å². The SMILES string of the molecule is O=C(N1CC(Cn2nc(-c3cccnc3)ccc2=O)C1)C1(c2ccccc2)CCOCC1. The maximum atomic E-state index is 13.6. The van der Waals surface area contributed by atoms with Crippen molar-refractivity contribution in [3.8, 4) is 11.3 Å². The maximum Gasteiger partial charge on any atom is 0.266 e. The zero-order chi connectivity index (χ0) is 22.0. The minimum atomic E-state index is -0.514. The van der Waals surface area contributed by atoms with E-state index in [0.29, 0.717) is 45.7 Å². The van der Waals surface area contributed by atoms with Gasteiger partial charge in [-0.2, -0.15) is 5.10 Å². The Morgan fingerprint density at radius 3 is 2.53 bits per heavy atom. The molecule has 0 atom stereocenters. The van der Waals surface area contributed by atoms with Gasteiger partial charge in [-0.3, -0.25) is 14.6 Å². The topological polar surface area (TPSA) is 77.3 Å². The van der Waals surface area contributed by atoms with E-state index >= 15 is 0 Å². The van der Waals surface area contributed by atoms with Crippen molar-refractivity contribution in [1.82, 2.24) is 19.7 Å². The molecule has 32 heavy (non-hydrogen) atoms. The number of rotatable bonds is 5. The van der Waals surface area contributed by atoms with Gasteiger partial charge in [-0.1, -0.05) is 30.3 Å². The summed E-state index contributed by atoms with van der Waals surface area (Å²) in [4.78, 5) is 32.0. The van der Waals surface area contributed by atoms with Crippen molar-refractivity contribution in [2.45, 2.75) is 24.8 Å². The summed E-state index contributed by atoms with van der Waals surface area (Å²) in [5.41, 5.74) is 2.01. The van der Waals surface area contributed by atoms with Crippen LogP contribution in [0, 0.1) is 5.92 Å². The minimum Gasteiger partial charge on any atom is -0.381 e. The molecule has 0 radical (unpaired) electrons. The van der Waals surface area contributed by atoms with Crippen molar-refractivity contribution in [2.24, 2.45) is 5.92 Å². The third-order valence-electron chi connectivity index (χ3n) is 6.58. The van der Waals surface area contributed by atoms with E-state index in [9.17, 15) is 9.59 Å². The van der Waals surface area contributed by atoms with E-state index in [4.69, 9.17) is 4.74 Å². The van der Waals surface area contributed by atoms with Gasteiger partial charge >= 0.3 is 0 Å². The predicted octanol–water partition coefficient (Wildman–Crippen LogP) is 2.51. The van der Waals surface area contributed by atoms with Gasteiger partial charge in [0.15, 0.2) is 0 Å². The zero-order valence-electron chi connectivity index (χ0n) is 17.9. The maximum absolute atomic E-state index is 13.6. The molecular formula is C25H26N4O3. The molecule has 0 spiro atoms. The fourth-order valence-electron chi connectivity index (χ4n) is 4.75. The van der Waals surface area contributed by atoms with Crippen LogP contribution in [0.25, 0.3) is 11.3 Å². The molecule has 7 nitrogen and oxygen atoms in total. The van der Waals surface area contributed by atoms with Gasteiger partial charge in [-0.05, 0) is 36.6 Å². The van der Waals surface area contributed by atoms with E-state index in [2.05, 4.69) is 10.1 Å². The van der Waals surface area contributed by atoms with E-state index < -0.39 is 5.41 Å². The Hall–Kier alpha value is -3.32. The van der Waals surface area contributed by atoms with Gasteiger partial charge in [0.25, 0.3) is 5.56 Å². The number of pyridine rings is 1. The van der Waals surface area contributed by atoms with E-state index in [1.54, 1.807) is 24.5 Å². The molecule has 2 aliphatic heterocycles. The Labute approximate surface area is 186 Å². The second-order valence-electron chi connectivity index (χ2n) is 8.62. The van der Waals surface area contributed by atoms with Crippen LogP contribution in [-0.4, -0.2) is 51.9 Å². The van der Waals surface area contributed by atoms with Crippen molar-refractivity contribution >= 4 is 5.91 Å². The highest BCUT2D eigenvalue weighted by molar-refractivity contribution is 5.89. The van der Waals surface area contributed by atoms with Crippen molar-refractivity contribution in [3.63, 3.8) is 0 Å². The van der Waals surface area contributed by atoms with Gasteiger partial charge in [-0.25, -0.2) is 4.68 Å². The molecule has 0 saturated carbocycles. The number of carbonyl (C=O) groups excluding carboxylic acids is 1. The molecule has 5 rings (SSSR count). The Bertz CT molecular complexity index is 1130. The molecule has 0 aliphatic carbocycles. The third-order valence-corrected chi connectivity index (χ3v) is 6.58. The Balaban J connectivity index is 1.29. The van der Waals surface area contributed by atoms with Gasteiger partial charge in [0, 0.05) is 56.2 Å². The van der Waals surface area contributed by atoms with Gasteiger partial charge in [0.1, 0.15) is 0 Å². The monoisotopic (exact) mass is 430 g/mol. The number of ether oxygens (including phenoxy) is 1. The average Bonchev–Trinajstić information content (AvgIpc) is 2.83. The lowest BCUT2D eigenvalue weighted by Gasteiger charge is -2.46. The van der Waals surface area contributed by atoms with Gasteiger partial charge in [-0.15, -0.1) is 0 Å². The molecule has 3 aromatic rings. The molecule has 164 valence electrons. The van der Waals surface area contributed by atoms with Gasteiger partial charge in [0.05, 0.1) is 17.7 Å². The molecule has 0 unspecified atom stereocenters. The fourth-order valence-corrected chi connectivity index (χ4v) is 4.75. The van der Waals surface area contributed by atoms with Crippen LogP contribution in [0.4, 0.5) is 0 Å². The van der Waals surface area contributed by atoms with Crippen LogP contribution in [0.5, 0.6) is 0 Å². The number of hydrogen-bond acceptors (Lipinski definition) is 5. The number of benzene rings is 1. The highest BCUT2D eigenvalue weighted by Gasteiger charge is 2.46. The zero-order valence-corrected chi connectivity index (χ0v) is 17.9. The summed E-state index contributed by atoms with van der Waals surface area (Å²) in [7, 11) is 0. The van der Waals surface area contributed by atoms with Crippen molar-refractivity contribution in [3.05, 3.63) is 82.9 Å². The van der Waals surface area contributed by atoms with Gasteiger partial charge in [0.2, 0.25) is 5.91 Å². The fraction of sp³-hybridized carbons (Fsp3) is 0.360. The standard InChI is InChI=1S/C25H26N4O3/c30-23-9-8-22(20-5-4-12-26-15-20)27-29(23)18-19-16-28(17-19)24(31)25(10-13-32-14-11-25)21-6-2-1-3-7-21/h1-9,12,15,19H,10-11,13-14,16-18H2. The molecule has 2 fully saturated rings. The summed E-state index contributed by atoms with van der Waals surface area (Å²) in [5.74, 6) is 0.383. The summed E-state index contributed by atoms with van der Waals surface area (Å²) in [5, 5.41) is 4.53. The number of hydrogen-bond donors (Lipinski definition) is 0. The lowest BCUT2D eigenvalue weighted by atomic mass is 9.72. The number of amides is 1. The first-order chi connectivity index (χ1) is 15.7. The predicted molar refractivity (Wildman–Crippen MR) is 120 cm³/mol. The molecule has 1 aromatic carbocycles. The number of likely N-dealkylation sites (tertiary alicyclic amines) is 1. The van der Waals surface area contributed by atoms with Crippen LogP contribution in [0.1, 0.15) is 18.4 Å². The molecule has 2 aromatic heterocycles. The normalized spacial score (nSPS) is 18.2. The Morgan fingerprint density at radius 1 is 1.03 bits per heavy atom. The summed E-state index contributed by atoms with van der Waals surface area (Å²) in [6.07, 6.45) is 4.84. The number of carbonyl (C=O) groups is 1. The van der Waals surface area contributed by atoms with E-state index in [0.717, 1.165) is 16.8 Å². The van der Waals surface area contributed by atoms with Crippen molar-refractivity contribution in [2.75, 3.05) is 26.3 Å². The highest BCUT2D eigenvalue weighted by Crippen LogP contribution is 2.38. The first kappa shape index (κ1) is 20.6. The first-order valence-corrected chi connectivity index (χ1v) is 11.1. The second kappa shape index (κ2) is 8.67. The molecular weight excluding hydrogens is 404 g/mol. The lowest BCUT2D eigenvalue weighted by molar-refractivity contribution is -0.148. The van der Waals surface area contributed by atoms with Gasteiger partial charge < -0.3 is 9.64 Å². The third kappa shape index (κ3) is 3.84. The lowest BCUT2D eigenvalue weighted by Crippen LogP contribution is -2.59. The van der Waals surface area contributed by atoms with E-state index in [1.807, 2.05) is 47.4 Å². The molecule has 7 heteroatoms. The summed E-state index contributed by atoms with van der Waals surface area (Å²) in [6, 6.07) is 17.1. The molecule has 2 aliphatic rings. The smallest absolute Gasteiger partial charge is 0.266 e. The molecule has 0 N–H and O–H groups in total. The second-order valence-corrected chi connectivity index (χ2v) is 8.62. The molecule has 1 amide bonds. The van der Waals surface area contributed by atoms with Crippen LogP contribution in [0.15, 0.2) is 71.8 Å². The quantitative estimate of drug-likeness (QED) is 0.622. The molecule has 4 heterocycles. The Kier molecular flexibility index (Phi) is 5.57. The van der Waals surface area contributed by atoms with Crippen LogP contribution >= 0.6 is 0 Å². The minimum absolute atomic E-state index is 0.132. The molecule has 0 bridgehead atoms. The van der Waals surface area contributed by atoms with Crippen molar-refractivity contribution < 1.29 is 9.53 Å². The largest absolute Gasteiger partial charge is 0.381 e. The molecule has 2 saturated heterocycles. The number of aromatic nitrogens is 3. The van der Waals surface area contributed by atoms with Crippen molar-refractivity contribution in [1.29, 1.82) is 0 Å². The highest BCUT2D eigenvalue weighted by atomic mass is 16.5. The number of nitrogens with zero attached hydrogens (tertiary/aromatic N) is 4. The summed E-state index contributed by atoms with van der Waals surface area (Å²) in [6.45, 7) is 2.97. The van der Waals surface area contributed by atoms with Crippen LogP contribution in [-0.2, 0) is 21.5 Å². The van der Waals surface area contributed by atoms with E-state index in [1.165, 1.54) is 4.68 Å². The van der Waals surface area contributed by atoms with Crippen LogP contribution < -0.4 is 5.56 Å². The first-order valence-electron chi connectivity index (χ1n) is 11.1. The van der Waals surface area contributed by atoms with E-state index in [-0.39, 0.29) is 17.4 Å².